The maximum absolute atomic E-state index is 13.5. The normalized spacial score (nSPS) is 17.9. The van der Waals surface area contributed by atoms with Crippen molar-refractivity contribution < 1.29 is 13.2 Å². The second kappa shape index (κ2) is 7.64. The monoisotopic (exact) mass is 404 g/mol. The van der Waals surface area contributed by atoms with Gasteiger partial charge < -0.3 is 4.57 Å². The molecule has 2 heterocycles. The van der Waals surface area contributed by atoms with E-state index in [1.165, 1.54) is 6.07 Å². The van der Waals surface area contributed by atoms with Gasteiger partial charge in [0.1, 0.15) is 0 Å². The highest BCUT2D eigenvalue weighted by Crippen LogP contribution is 2.37. The summed E-state index contributed by atoms with van der Waals surface area (Å²) in [6.45, 7) is 1.76. The average molecular weight is 405 g/mol. The highest BCUT2D eigenvalue weighted by Gasteiger charge is 2.35. The number of rotatable bonds is 3. The van der Waals surface area contributed by atoms with Gasteiger partial charge in [-0.2, -0.15) is 13.2 Å². The van der Waals surface area contributed by atoms with Gasteiger partial charge in [0.2, 0.25) is 0 Å². The van der Waals surface area contributed by atoms with Crippen LogP contribution in [0.2, 0.25) is 5.02 Å². The van der Waals surface area contributed by atoms with Gasteiger partial charge in [0.25, 0.3) is 0 Å². The lowest BCUT2D eigenvalue weighted by atomic mass is 10.00. The highest BCUT2D eigenvalue weighted by atomic mass is 35.5. The van der Waals surface area contributed by atoms with Crippen LogP contribution in [0.15, 0.2) is 66.9 Å². The third-order valence-corrected chi connectivity index (χ3v) is 5.45. The minimum atomic E-state index is -4.37. The average Bonchev–Trinajstić information content (AvgIpc) is 3.03. The molecule has 0 N–H and O–H groups in total. The van der Waals surface area contributed by atoms with Crippen LogP contribution in [0.5, 0.6) is 0 Å². The fourth-order valence-electron chi connectivity index (χ4n) is 4.02. The Morgan fingerprint density at radius 2 is 1.79 bits per heavy atom. The summed E-state index contributed by atoms with van der Waals surface area (Å²) in [7, 11) is 0. The van der Waals surface area contributed by atoms with Crippen molar-refractivity contribution in [3.8, 4) is 0 Å². The minimum absolute atomic E-state index is 0.155. The van der Waals surface area contributed by atoms with Crippen molar-refractivity contribution in [2.24, 2.45) is 0 Å². The molecule has 6 heteroatoms. The van der Waals surface area contributed by atoms with Gasteiger partial charge in [0, 0.05) is 36.5 Å². The maximum Gasteiger partial charge on any atom is 0.416 e. The van der Waals surface area contributed by atoms with Gasteiger partial charge in [-0.25, -0.2) is 0 Å². The summed E-state index contributed by atoms with van der Waals surface area (Å²) in [6.07, 6.45) is -1.47. The lowest BCUT2D eigenvalue weighted by Gasteiger charge is -2.31. The predicted octanol–water partition coefficient (Wildman–Crippen LogP) is 6.16. The molecule has 1 aliphatic heterocycles. The van der Waals surface area contributed by atoms with Gasteiger partial charge in [-0.3, -0.25) is 4.90 Å². The summed E-state index contributed by atoms with van der Waals surface area (Å²) >= 11 is 6.22. The summed E-state index contributed by atoms with van der Waals surface area (Å²) in [4.78, 5) is 2.12. The van der Waals surface area contributed by atoms with Crippen molar-refractivity contribution in [3.63, 3.8) is 0 Å². The Hall–Kier alpha value is -2.24. The molecule has 0 radical (unpaired) electrons. The SMILES string of the molecule is FC(F)(F)c1ccccc1CN1CCCn2cccc2[C@@H]1c1cccc(Cl)c1. The van der Waals surface area contributed by atoms with Gasteiger partial charge >= 0.3 is 6.18 Å². The van der Waals surface area contributed by atoms with Gasteiger partial charge in [0.15, 0.2) is 0 Å². The molecule has 0 saturated heterocycles. The Bertz CT molecular complexity index is 964. The van der Waals surface area contributed by atoms with E-state index < -0.39 is 11.7 Å². The van der Waals surface area contributed by atoms with Crippen LogP contribution >= 0.6 is 11.6 Å². The summed E-state index contributed by atoms with van der Waals surface area (Å²) < 4.78 is 42.7. The zero-order chi connectivity index (χ0) is 19.7. The quantitative estimate of drug-likeness (QED) is 0.508. The molecular weight excluding hydrogens is 385 g/mol. The zero-order valence-electron chi connectivity index (χ0n) is 15.2. The van der Waals surface area contributed by atoms with E-state index in [1.807, 2.05) is 42.6 Å². The number of nitrogens with zero attached hydrogens (tertiary/aromatic N) is 2. The largest absolute Gasteiger partial charge is 0.416 e. The second-order valence-corrected chi connectivity index (χ2v) is 7.50. The number of benzene rings is 2. The molecule has 0 amide bonds. The van der Waals surface area contributed by atoms with E-state index in [0.717, 1.165) is 30.3 Å². The van der Waals surface area contributed by atoms with Crippen molar-refractivity contribution in [2.45, 2.75) is 31.7 Å². The molecule has 0 spiro atoms. The number of alkyl halides is 3. The van der Waals surface area contributed by atoms with Crippen LogP contribution in [0, 0.1) is 0 Å². The van der Waals surface area contributed by atoms with Crippen molar-refractivity contribution in [3.05, 3.63) is 94.3 Å². The lowest BCUT2D eigenvalue weighted by molar-refractivity contribution is -0.138. The molecule has 4 rings (SSSR count). The zero-order valence-corrected chi connectivity index (χ0v) is 15.9. The first-order valence-corrected chi connectivity index (χ1v) is 9.61. The van der Waals surface area contributed by atoms with Crippen LogP contribution < -0.4 is 0 Å². The Kier molecular flexibility index (Phi) is 5.21. The Balaban J connectivity index is 1.77. The van der Waals surface area contributed by atoms with Crippen LogP contribution in [0.25, 0.3) is 0 Å². The molecule has 2 nitrogen and oxygen atoms in total. The van der Waals surface area contributed by atoms with E-state index in [9.17, 15) is 13.2 Å². The number of fused-ring (bicyclic) bond motifs is 1. The van der Waals surface area contributed by atoms with E-state index in [-0.39, 0.29) is 12.6 Å². The van der Waals surface area contributed by atoms with Crippen LogP contribution in [0.1, 0.15) is 34.8 Å². The fourth-order valence-corrected chi connectivity index (χ4v) is 4.22. The highest BCUT2D eigenvalue weighted by molar-refractivity contribution is 6.30. The van der Waals surface area contributed by atoms with Crippen LogP contribution in [0.3, 0.4) is 0 Å². The third kappa shape index (κ3) is 3.82. The molecule has 0 saturated carbocycles. The number of halogens is 4. The Morgan fingerprint density at radius 3 is 2.57 bits per heavy atom. The molecule has 28 heavy (non-hydrogen) atoms. The summed E-state index contributed by atoms with van der Waals surface area (Å²) in [6, 6.07) is 17.3. The van der Waals surface area contributed by atoms with E-state index in [4.69, 9.17) is 11.6 Å². The molecule has 1 atom stereocenters. The van der Waals surface area contributed by atoms with E-state index in [1.54, 1.807) is 12.1 Å². The maximum atomic E-state index is 13.5. The first-order valence-electron chi connectivity index (χ1n) is 9.23. The van der Waals surface area contributed by atoms with Gasteiger partial charge in [-0.05, 0) is 47.9 Å². The predicted molar refractivity (Wildman–Crippen MR) is 104 cm³/mol. The molecule has 3 aromatic rings. The van der Waals surface area contributed by atoms with E-state index >= 15 is 0 Å². The second-order valence-electron chi connectivity index (χ2n) is 7.06. The standard InChI is InChI=1S/C22H20ClF3N2/c23-18-8-3-7-16(14-18)21-20-10-4-11-27(20)12-5-13-28(21)15-17-6-1-2-9-19(17)22(24,25)26/h1-4,6-11,14,21H,5,12-13,15H2/t21-/m0/s1. The first kappa shape index (κ1) is 19.1. The van der Waals surface area contributed by atoms with Crippen LogP contribution in [0.4, 0.5) is 13.2 Å². The molecule has 0 aliphatic carbocycles. The van der Waals surface area contributed by atoms with Gasteiger partial charge in [0.05, 0.1) is 11.6 Å². The smallest absolute Gasteiger partial charge is 0.350 e. The number of aromatic nitrogens is 1. The number of aryl methyl sites for hydroxylation is 1. The molecule has 0 unspecified atom stereocenters. The summed E-state index contributed by atoms with van der Waals surface area (Å²) in [5.41, 5.74) is 1.78. The lowest BCUT2D eigenvalue weighted by Crippen LogP contribution is -2.30. The van der Waals surface area contributed by atoms with Crippen LogP contribution in [-0.4, -0.2) is 16.0 Å². The van der Waals surface area contributed by atoms with Crippen molar-refractivity contribution in [1.29, 1.82) is 0 Å². The van der Waals surface area contributed by atoms with Crippen molar-refractivity contribution >= 4 is 11.6 Å². The molecule has 1 aromatic heterocycles. The van der Waals surface area contributed by atoms with E-state index in [0.29, 0.717) is 17.1 Å². The molecule has 2 aromatic carbocycles. The molecule has 0 bridgehead atoms. The number of hydrogen-bond acceptors (Lipinski definition) is 1. The third-order valence-electron chi connectivity index (χ3n) is 5.21. The minimum Gasteiger partial charge on any atom is -0.350 e. The summed E-state index contributed by atoms with van der Waals surface area (Å²) in [5.74, 6) is 0. The first-order chi connectivity index (χ1) is 13.4. The van der Waals surface area contributed by atoms with Crippen LogP contribution in [-0.2, 0) is 19.3 Å². The van der Waals surface area contributed by atoms with E-state index in [2.05, 4.69) is 9.47 Å². The summed E-state index contributed by atoms with van der Waals surface area (Å²) in [5, 5.41) is 0.621. The van der Waals surface area contributed by atoms with Gasteiger partial charge in [-0.15, -0.1) is 0 Å². The molecule has 146 valence electrons. The molecule has 1 aliphatic rings. The molecule has 0 fully saturated rings. The number of hydrogen-bond donors (Lipinski definition) is 0. The van der Waals surface area contributed by atoms with Crippen molar-refractivity contribution in [2.75, 3.05) is 6.54 Å². The van der Waals surface area contributed by atoms with Gasteiger partial charge in [-0.1, -0.05) is 41.9 Å². The van der Waals surface area contributed by atoms with Crippen molar-refractivity contribution in [1.82, 2.24) is 9.47 Å². The Labute approximate surface area is 167 Å². The fraction of sp³-hybridized carbons (Fsp3) is 0.273. The molecular formula is C22H20ClF3N2. The Morgan fingerprint density at radius 1 is 0.964 bits per heavy atom. The topological polar surface area (TPSA) is 8.17 Å².